The summed E-state index contributed by atoms with van der Waals surface area (Å²) >= 11 is 0. The summed E-state index contributed by atoms with van der Waals surface area (Å²) in [5.41, 5.74) is 7.66. The van der Waals surface area contributed by atoms with Gasteiger partial charge in [-0.25, -0.2) is 4.98 Å². The number of rotatable bonds is 4. The molecule has 0 spiro atoms. The molecule has 1 aliphatic rings. The number of nitro groups is 1. The molecule has 8 heteroatoms. The van der Waals surface area contributed by atoms with Gasteiger partial charge < -0.3 is 15.5 Å². The van der Waals surface area contributed by atoms with Gasteiger partial charge in [-0.3, -0.25) is 14.9 Å². The molecule has 1 aliphatic heterocycles. The molecule has 1 amide bonds. The number of non-ortho nitro benzene ring substituents is 1. The van der Waals surface area contributed by atoms with E-state index in [1.807, 2.05) is 24.3 Å². The van der Waals surface area contributed by atoms with Gasteiger partial charge in [-0.1, -0.05) is 0 Å². The van der Waals surface area contributed by atoms with Crippen LogP contribution >= 0.6 is 0 Å². The Kier molecular flexibility index (Phi) is 4.52. The molecule has 28 heavy (non-hydrogen) atoms. The fourth-order valence-corrected chi connectivity index (χ4v) is 3.42. The van der Waals surface area contributed by atoms with Crippen LogP contribution < -0.4 is 15.5 Å². The Labute approximate surface area is 161 Å². The molecule has 1 saturated heterocycles. The number of nitro benzene ring substituents is 1. The molecule has 1 aromatic heterocycles. The molecule has 142 valence electrons. The number of amides is 1. The fourth-order valence-electron chi connectivity index (χ4n) is 3.42. The summed E-state index contributed by atoms with van der Waals surface area (Å²) in [6.07, 6.45) is 0. The van der Waals surface area contributed by atoms with Crippen molar-refractivity contribution < 1.29 is 9.72 Å². The van der Waals surface area contributed by atoms with E-state index in [0.717, 1.165) is 48.6 Å². The van der Waals surface area contributed by atoms with E-state index in [1.165, 1.54) is 6.07 Å². The largest absolute Gasteiger partial charge is 0.368 e. The van der Waals surface area contributed by atoms with Crippen molar-refractivity contribution in [2.24, 2.45) is 5.73 Å². The van der Waals surface area contributed by atoms with Crippen molar-refractivity contribution in [3.63, 3.8) is 0 Å². The Morgan fingerprint density at radius 3 is 2.29 bits per heavy atom. The highest BCUT2D eigenvalue weighted by Crippen LogP contribution is 2.24. The maximum absolute atomic E-state index is 11.2. The van der Waals surface area contributed by atoms with Crippen LogP contribution in [0.15, 0.2) is 54.6 Å². The quantitative estimate of drug-likeness (QED) is 0.553. The first-order valence-electron chi connectivity index (χ1n) is 8.96. The van der Waals surface area contributed by atoms with Gasteiger partial charge >= 0.3 is 0 Å². The van der Waals surface area contributed by atoms with Crippen molar-refractivity contribution >= 4 is 34.0 Å². The molecule has 2 aromatic carbocycles. The summed E-state index contributed by atoms with van der Waals surface area (Å²) in [6.45, 7) is 3.28. The summed E-state index contributed by atoms with van der Waals surface area (Å²) in [5.74, 6) is 0.439. The smallest absolute Gasteiger partial charge is 0.270 e. The summed E-state index contributed by atoms with van der Waals surface area (Å²) in [7, 11) is 0. The van der Waals surface area contributed by atoms with Crippen molar-refractivity contribution in [1.82, 2.24) is 4.98 Å². The van der Waals surface area contributed by atoms with Crippen molar-refractivity contribution in [3.8, 4) is 0 Å². The van der Waals surface area contributed by atoms with Crippen LogP contribution in [0.5, 0.6) is 0 Å². The lowest BCUT2D eigenvalue weighted by atomic mass is 10.1. The van der Waals surface area contributed by atoms with Gasteiger partial charge in [-0.05, 0) is 42.5 Å². The zero-order valence-corrected chi connectivity index (χ0v) is 15.1. The monoisotopic (exact) mass is 377 g/mol. The van der Waals surface area contributed by atoms with E-state index >= 15 is 0 Å². The highest BCUT2D eigenvalue weighted by molar-refractivity contribution is 5.93. The molecule has 0 atom stereocenters. The van der Waals surface area contributed by atoms with Crippen molar-refractivity contribution in [2.75, 3.05) is 36.0 Å². The first-order valence-corrected chi connectivity index (χ1v) is 8.96. The summed E-state index contributed by atoms with van der Waals surface area (Å²) in [5, 5.41) is 11.7. The number of hydrogen-bond donors (Lipinski definition) is 1. The molecule has 3 aromatic rings. The molecule has 2 heterocycles. The molecule has 4 rings (SSSR count). The average Bonchev–Trinajstić information content (AvgIpc) is 2.73. The molecule has 0 saturated carbocycles. The molecule has 0 bridgehead atoms. The van der Waals surface area contributed by atoms with E-state index in [2.05, 4.69) is 14.8 Å². The predicted molar refractivity (Wildman–Crippen MR) is 108 cm³/mol. The van der Waals surface area contributed by atoms with Crippen LogP contribution in [0.4, 0.5) is 17.2 Å². The minimum Gasteiger partial charge on any atom is -0.368 e. The van der Waals surface area contributed by atoms with Gasteiger partial charge in [0.05, 0.1) is 10.4 Å². The van der Waals surface area contributed by atoms with E-state index in [1.54, 1.807) is 24.3 Å². The lowest BCUT2D eigenvalue weighted by molar-refractivity contribution is -0.384. The van der Waals surface area contributed by atoms with Gasteiger partial charge in [0.15, 0.2) is 0 Å². The third-order valence-electron chi connectivity index (χ3n) is 4.99. The first-order chi connectivity index (χ1) is 13.5. The molecule has 0 radical (unpaired) electrons. The number of piperazine rings is 1. The Balaban J connectivity index is 1.46. The minimum atomic E-state index is -0.427. The maximum Gasteiger partial charge on any atom is 0.270 e. The van der Waals surface area contributed by atoms with E-state index in [0.29, 0.717) is 5.56 Å². The number of nitrogens with zero attached hydrogens (tertiary/aromatic N) is 4. The van der Waals surface area contributed by atoms with E-state index in [-0.39, 0.29) is 5.69 Å². The molecule has 2 N–H and O–H groups in total. The predicted octanol–water partition coefficient (Wildman–Crippen LogP) is 2.57. The Bertz CT molecular complexity index is 1040. The normalized spacial score (nSPS) is 14.3. The highest BCUT2D eigenvalue weighted by Gasteiger charge is 2.19. The van der Waals surface area contributed by atoms with Crippen LogP contribution in [-0.2, 0) is 0 Å². The van der Waals surface area contributed by atoms with Gasteiger partial charge in [0, 0.05) is 54.9 Å². The van der Waals surface area contributed by atoms with Gasteiger partial charge in [-0.2, -0.15) is 0 Å². The minimum absolute atomic E-state index is 0.0676. The van der Waals surface area contributed by atoms with E-state index in [4.69, 9.17) is 5.73 Å². The second-order valence-electron chi connectivity index (χ2n) is 6.69. The Morgan fingerprint density at radius 2 is 1.64 bits per heavy atom. The van der Waals surface area contributed by atoms with Crippen LogP contribution in [0.3, 0.4) is 0 Å². The zero-order valence-electron chi connectivity index (χ0n) is 15.1. The molecular formula is C20H19N5O3. The number of carbonyl (C=O) groups excluding carboxylic acids is 1. The van der Waals surface area contributed by atoms with Crippen molar-refractivity contribution in [1.29, 1.82) is 0 Å². The number of nitrogens with two attached hydrogens (primary N) is 1. The number of aromatic nitrogens is 1. The first kappa shape index (κ1) is 17.7. The number of benzene rings is 2. The van der Waals surface area contributed by atoms with Crippen LogP contribution in [0.2, 0.25) is 0 Å². The molecule has 1 fully saturated rings. The maximum atomic E-state index is 11.2. The second kappa shape index (κ2) is 7.15. The van der Waals surface area contributed by atoms with Gasteiger partial charge in [0.1, 0.15) is 5.82 Å². The van der Waals surface area contributed by atoms with Gasteiger partial charge in [-0.15, -0.1) is 0 Å². The lowest BCUT2D eigenvalue weighted by Crippen LogP contribution is -2.46. The number of anilines is 2. The Hall–Kier alpha value is -3.68. The second-order valence-corrected chi connectivity index (χ2v) is 6.69. The SMILES string of the molecule is NC(=O)c1ccc(N2CCN(c3ccc4cc([N+](=O)[O-])ccc4n3)CC2)cc1. The Morgan fingerprint density at radius 1 is 0.964 bits per heavy atom. The highest BCUT2D eigenvalue weighted by atomic mass is 16.6. The van der Waals surface area contributed by atoms with Crippen LogP contribution in [0, 0.1) is 10.1 Å². The van der Waals surface area contributed by atoms with Crippen LogP contribution in [-0.4, -0.2) is 42.0 Å². The molecular weight excluding hydrogens is 358 g/mol. The van der Waals surface area contributed by atoms with Crippen LogP contribution in [0.25, 0.3) is 10.9 Å². The number of primary amides is 1. The molecule has 8 nitrogen and oxygen atoms in total. The van der Waals surface area contributed by atoms with Crippen LogP contribution in [0.1, 0.15) is 10.4 Å². The number of carbonyl (C=O) groups is 1. The van der Waals surface area contributed by atoms with Crippen molar-refractivity contribution in [2.45, 2.75) is 0 Å². The third kappa shape index (κ3) is 3.44. The number of hydrogen-bond acceptors (Lipinski definition) is 6. The summed E-state index contributed by atoms with van der Waals surface area (Å²) < 4.78 is 0. The molecule has 0 aliphatic carbocycles. The van der Waals surface area contributed by atoms with Gasteiger partial charge in [0.25, 0.3) is 5.69 Å². The summed E-state index contributed by atoms with van der Waals surface area (Å²) in [4.78, 5) is 30.8. The summed E-state index contributed by atoms with van der Waals surface area (Å²) in [6, 6.07) is 15.8. The average molecular weight is 377 g/mol. The topological polar surface area (TPSA) is 106 Å². The fraction of sp³-hybridized carbons (Fsp3) is 0.200. The lowest BCUT2D eigenvalue weighted by Gasteiger charge is -2.36. The van der Waals surface area contributed by atoms with E-state index in [9.17, 15) is 14.9 Å². The third-order valence-corrected chi connectivity index (χ3v) is 4.99. The number of fused-ring (bicyclic) bond motifs is 1. The molecule has 0 unspecified atom stereocenters. The van der Waals surface area contributed by atoms with E-state index < -0.39 is 10.8 Å². The van der Waals surface area contributed by atoms with Gasteiger partial charge in [0.2, 0.25) is 5.91 Å². The number of pyridine rings is 1. The van der Waals surface area contributed by atoms with Crippen molar-refractivity contribution in [3.05, 3.63) is 70.3 Å². The zero-order chi connectivity index (χ0) is 19.7. The standard InChI is InChI=1S/C20H19N5O3/c21-20(26)14-1-4-16(5-2-14)23-9-11-24(12-10-23)19-8-3-15-13-17(25(27)28)6-7-18(15)22-19/h1-8,13H,9-12H2,(H2,21,26).